The van der Waals surface area contributed by atoms with Crippen LogP contribution in [0.5, 0.6) is 5.75 Å². The van der Waals surface area contributed by atoms with E-state index in [0.717, 1.165) is 0 Å². The summed E-state index contributed by atoms with van der Waals surface area (Å²) in [5.41, 5.74) is 0.149. The third-order valence-electron chi connectivity index (χ3n) is 2.26. The number of nitrogens with zero attached hydrogens (tertiary/aromatic N) is 1. The highest BCUT2D eigenvalue weighted by Gasteiger charge is 2.18. The maximum absolute atomic E-state index is 12.1. The fraction of sp³-hybridized carbons (Fsp3) is 0.455. The van der Waals surface area contributed by atoms with E-state index in [1.165, 1.54) is 18.2 Å². The van der Waals surface area contributed by atoms with Crippen LogP contribution < -0.4 is 10.1 Å². The monoisotopic (exact) mass is 276 g/mol. The molecule has 0 bridgehead atoms. The molecule has 1 aromatic carbocycles. The van der Waals surface area contributed by atoms with E-state index in [1.807, 2.05) is 0 Å². The lowest BCUT2D eigenvalue weighted by molar-refractivity contribution is -0.385. The number of halogens is 2. The van der Waals surface area contributed by atoms with Crippen LogP contribution in [0.4, 0.5) is 20.2 Å². The van der Waals surface area contributed by atoms with Crippen LogP contribution in [-0.4, -0.2) is 35.7 Å². The van der Waals surface area contributed by atoms with Gasteiger partial charge in [0.2, 0.25) is 0 Å². The number of nitrogens with one attached hydrogen (secondary N) is 1. The van der Waals surface area contributed by atoms with E-state index in [0.29, 0.717) is 5.69 Å². The van der Waals surface area contributed by atoms with Crippen LogP contribution >= 0.6 is 0 Å². The molecule has 2 N–H and O–H groups in total. The van der Waals surface area contributed by atoms with Gasteiger partial charge in [0, 0.05) is 24.4 Å². The van der Waals surface area contributed by atoms with Crippen molar-refractivity contribution < 1.29 is 23.5 Å². The second kappa shape index (κ2) is 6.83. The van der Waals surface area contributed by atoms with Gasteiger partial charge in [0.05, 0.1) is 11.5 Å². The van der Waals surface area contributed by atoms with Gasteiger partial charge in [0.25, 0.3) is 6.43 Å². The van der Waals surface area contributed by atoms with Crippen molar-refractivity contribution >= 4 is 11.4 Å². The standard InChI is InChI=1S/C11H14F2N2O4/c1-2-19-10-5-7(3-4-8(10)15(17)18)14-6-9(16)11(12)13/h3-5,9,11,14,16H,2,6H2,1H3. The van der Waals surface area contributed by atoms with Crippen molar-refractivity contribution in [3.05, 3.63) is 28.3 Å². The molecule has 8 heteroatoms. The van der Waals surface area contributed by atoms with E-state index >= 15 is 0 Å². The van der Waals surface area contributed by atoms with Gasteiger partial charge < -0.3 is 15.2 Å². The van der Waals surface area contributed by atoms with Gasteiger partial charge in [-0.2, -0.15) is 0 Å². The number of rotatable bonds is 7. The van der Waals surface area contributed by atoms with Crippen molar-refractivity contribution in [2.45, 2.75) is 19.5 Å². The molecule has 0 spiro atoms. The van der Waals surface area contributed by atoms with E-state index < -0.39 is 17.5 Å². The van der Waals surface area contributed by atoms with E-state index in [9.17, 15) is 18.9 Å². The lowest BCUT2D eigenvalue weighted by Crippen LogP contribution is -2.26. The highest BCUT2D eigenvalue weighted by Crippen LogP contribution is 2.30. The summed E-state index contributed by atoms with van der Waals surface area (Å²) < 4.78 is 29.3. The molecule has 0 fully saturated rings. The first kappa shape index (κ1) is 15.1. The molecule has 106 valence electrons. The van der Waals surface area contributed by atoms with Crippen LogP contribution in [0.1, 0.15) is 6.92 Å². The Hall–Kier alpha value is -1.96. The molecule has 0 heterocycles. The third kappa shape index (κ3) is 4.32. The molecule has 0 saturated carbocycles. The third-order valence-corrected chi connectivity index (χ3v) is 2.26. The number of ether oxygens (including phenoxy) is 1. The fourth-order valence-electron chi connectivity index (χ4n) is 1.36. The highest BCUT2D eigenvalue weighted by molar-refractivity contribution is 5.58. The normalized spacial score (nSPS) is 12.3. The molecule has 1 aromatic rings. The number of aliphatic hydroxyl groups is 1. The van der Waals surface area contributed by atoms with E-state index in [4.69, 9.17) is 9.84 Å². The van der Waals surface area contributed by atoms with Crippen LogP contribution in [0.25, 0.3) is 0 Å². The summed E-state index contributed by atoms with van der Waals surface area (Å²) in [6, 6.07) is 3.90. The van der Waals surface area contributed by atoms with Crippen molar-refractivity contribution in [1.29, 1.82) is 0 Å². The summed E-state index contributed by atoms with van der Waals surface area (Å²) >= 11 is 0. The number of nitro benzene ring substituents is 1. The van der Waals surface area contributed by atoms with E-state index in [1.54, 1.807) is 6.92 Å². The average Bonchev–Trinajstić information content (AvgIpc) is 2.36. The number of aliphatic hydroxyl groups excluding tert-OH is 1. The van der Waals surface area contributed by atoms with Gasteiger partial charge in [-0.1, -0.05) is 0 Å². The Morgan fingerprint density at radius 3 is 2.74 bits per heavy atom. The predicted octanol–water partition coefficient (Wildman–Crippen LogP) is 2.03. The number of hydrogen-bond acceptors (Lipinski definition) is 5. The predicted molar refractivity (Wildman–Crippen MR) is 64.8 cm³/mol. The highest BCUT2D eigenvalue weighted by atomic mass is 19.3. The molecule has 0 aliphatic rings. The minimum Gasteiger partial charge on any atom is -0.487 e. The quantitative estimate of drug-likeness (QED) is 0.588. The minimum atomic E-state index is -2.85. The summed E-state index contributed by atoms with van der Waals surface area (Å²) in [6.07, 6.45) is -4.65. The zero-order valence-corrected chi connectivity index (χ0v) is 10.2. The molecule has 0 radical (unpaired) electrons. The number of anilines is 1. The molecule has 0 saturated heterocycles. The van der Waals surface area contributed by atoms with Gasteiger partial charge in [0.1, 0.15) is 6.10 Å². The van der Waals surface area contributed by atoms with Crippen LogP contribution in [0, 0.1) is 10.1 Å². The number of alkyl halides is 2. The van der Waals surface area contributed by atoms with Gasteiger partial charge in [-0.15, -0.1) is 0 Å². The Morgan fingerprint density at radius 2 is 2.21 bits per heavy atom. The lowest BCUT2D eigenvalue weighted by Gasteiger charge is -2.12. The molecule has 0 aliphatic heterocycles. The van der Waals surface area contributed by atoms with Gasteiger partial charge in [-0.05, 0) is 13.0 Å². The lowest BCUT2D eigenvalue weighted by atomic mass is 10.2. The van der Waals surface area contributed by atoms with Crippen molar-refractivity contribution in [3.8, 4) is 5.75 Å². The van der Waals surface area contributed by atoms with Gasteiger partial charge in [-0.25, -0.2) is 8.78 Å². The summed E-state index contributed by atoms with van der Waals surface area (Å²) in [5, 5.41) is 22.2. The summed E-state index contributed by atoms with van der Waals surface area (Å²) in [5.74, 6) is 0.0454. The van der Waals surface area contributed by atoms with Crippen LogP contribution in [0.3, 0.4) is 0 Å². The maximum atomic E-state index is 12.1. The Kier molecular flexibility index (Phi) is 5.43. The summed E-state index contributed by atoms with van der Waals surface area (Å²) in [4.78, 5) is 10.1. The van der Waals surface area contributed by atoms with Crippen LogP contribution in [0.15, 0.2) is 18.2 Å². The Bertz CT molecular complexity index is 443. The molecule has 6 nitrogen and oxygen atoms in total. The first-order valence-electron chi connectivity index (χ1n) is 5.57. The van der Waals surface area contributed by atoms with Crippen LogP contribution in [0.2, 0.25) is 0 Å². The largest absolute Gasteiger partial charge is 0.487 e. The van der Waals surface area contributed by atoms with Crippen LogP contribution in [-0.2, 0) is 0 Å². The maximum Gasteiger partial charge on any atom is 0.311 e. The molecule has 0 aromatic heterocycles. The van der Waals surface area contributed by atoms with Crippen molar-refractivity contribution in [3.63, 3.8) is 0 Å². The number of hydrogen-bond donors (Lipinski definition) is 2. The zero-order valence-electron chi connectivity index (χ0n) is 10.2. The van der Waals surface area contributed by atoms with Crippen molar-refractivity contribution in [2.75, 3.05) is 18.5 Å². The molecule has 0 amide bonds. The SMILES string of the molecule is CCOc1cc(NCC(O)C(F)F)ccc1[N+](=O)[O-]. The molecule has 1 atom stereocenters. The zero-order chi connectivity index (χ0) is 14.4. The molecule has 1 unspecified atom stereocenters. The Morgan fingerprint density at radius 1 is 1.53 bits per heavy atom. The minimum absolute atomic E-state index is 0.0454. The van der Waals surface area contributed by atoms with Gasteiger partial charge >= 0.3 is 5.69 Å². The topological polar surface area (TPSA) is 84.6 Å². The second-order valence-electron chi connectivity index (χ2n) is 3.66. The molecular weight excluding hydrogens is 262 g/mol. The number of benzene rings is 1. The molecular formula is C11H14F2N2O4. The Labute approximate surface area is 108 Å². The Balaban J connectivity index is 2.80. The number of nitro groups is 1. The molecule has 0 aliphatic carbocycles. The smallest absolute Gasteiger partial charge is 0.311 e. The van der Waals surface area contributed by atoms with Crippen molar-refractivity contribution in [1.82, 2.24) is 0 Å². The first-order valence-corrected chi connectivity index (χ1v) is 5.57. The summed E-state index contributed by atoms with van der Waals surface area (Å²) in [6.45, 7) is 1.55. The molecule has 1 rings (SSSR count). The van der Waals surface area contributed by atoms with Crippen molar-refractivity contribution in [2.24, 2.45) is 0 Å². The summed E-state index contributed by atoms with van der Waals surface area (Å²) in [7, 11) is 0. The van der Waals surface area contributed by atoms with Gasteiger partial charge in [0.15, 0.2) is 5.75 Å². The first-order chi connectivity index (χ1) is 8.95. The second-order valence-corrected chi connectivity index (χ2v) is 3.66. The fourth-order valence-corrected chi connectivity index (χ4v) is 1.36. The average molecular weight is 276 g/mol. The molecule has 19 heavy (non-hydrogen) atoms. The van der Waals surface area contributed by atoms with E-state index in [2.05, 4.69) is 5.32 Å². The van der Waals surface area contributed by atoms with E-state index in [-0.39, 0.29) is 24.6 Å². The van der Waals surface area contributed by atoms with Gasteiger partial charge in [-0.3, -0.25) is 10.1 Å².